The highest BCUT2D eigenvalue weighted by molar-refractivity contribution is 7.92. The quantitative estimate of drug-likeness (QED) is 0.427. The van der Waals surface area contributed by atoms with Gasteiger partial charge in [0.15, 0.2) is 6.61 Å². The Morgan fingerprint density at radius 1 is 0.886 bits per heavy atom. The van der Waals surface area contributed by atoms with Crippen LogP contribution < -0.4 is 14.8 Å². The first-order valence-corrected chi connectivity index (χ1v) is 13.5. The number of sulfonamides is 2. The Labute approximate surface area is 205 Å². The van der Waals surface area contributed by atoms with Gasteiger partial charge in [-0.2, -0.15) is 0 Å². The molecule has 0 bridgehead atoms. The molecule has 0 fully saturated rings. The maximum absolute atomic E-state index is 12.6. The van der Waals surface area contributed by atoms with Crippen LogP contribution in [-0.4, -0.2) is 47.8 Å². The molecule has 3 aromatic rings. The minimum Gasteiger partial charge on any atom is -0.484 e. The molecule has 0 aliphatic rings. The van der Waals surface area contributed by atoms with Gasteiger partial charge in [-0.25, -0.2) is 21.1 Å². The molecule has 0 saturated heterocycles. The lowest BCUT2D eigenvalue weighted by Gasteiger charge is -2.13. The van der Waals surface area contributed by atoms with E-state index in [4.69, 9.17) is 4.74 Å². The molecule has 0 unspecified atom stereocenters. The predicted molar refractivity (Wildman–Crippen MR) is 133 cm³/mol. The van der Waals surface area contributed by atoms with E-state index in [9.17, 15) is 21.6 Å². The van der Waals surface area contributed by atoms with Crippen molar-refractivity contribution in [1.82, 2.24) is 9.62 Å². The third-order valence-corrected chi connectivity index (χ3v) is 8.24. The van der Waals surface area contributed by atoms with Gasteiger partial charge in [-0.1, -0.05) is 30.3 Å². The molecule has 3 aromatic carbocycles. The first-order chi connectivity index (χ1) is 16.5. The number of nitrogens with zero attached hydrogens (tertiary/aromatic N) is 1. The van der Waals surface area contributed by atoms with Gasteiger partial charge in [-0.3, -0.25) is 9.52 Å². The van der Waals surface area contributed by atoms with Crippen LogP contribution in [0.3, 0.4) is 0 Å². The topological polar surface area (TPSA) is 122 Å². The Kier molecular flexibility index (Phi) is 8.15. The van der Waals surface area contributed by atoms with Crippen molar-refractivity contribution in [3.8, 4) is 5.75 Å². The molecule has 11 heteroatoms. The fourth-order valence-electron chi connectivity index (χ4n) is 3.06. The Morgan fingerprint density at radius 3 is 2.11 bits per heavy atom. The largest absolute Gasteiger partial charge is 0.484 e. The van der Waals surface area contributed by atoms with Gasteiger partial charge in [0, 0.05) is 26.3 Å². The van der Waals surface area contributed by atoms with Gasteiger partial charge in [0.05, 0.1) is 9.79 Å². The average molecular weight is 518 g/mol. The number of hydrogen-bond acceptors (Lipinski definition) is 6. The lowest BCUT2D eigenvalue weighted by molar-refractivity contribution is -0.123. The van der Waals surface area contributed by atoms with Crippen LogP contribution in [0.15, 0.2) is 82.6 Å². The molecule has 0 aliphatic heterocycles. The molecule has 0 spiro atoms. The molecule has 0 saturated carbocycles. The predicted octanol–water partition coefficient (Wildman–Crippen LogP) is 2.74. The third-order valence-electron chi connectivity index (χ3n) is 5.03. The molecule has 9 nitrogen and oxygen atoms in total. The monoisotopic (exact) mass is 517 g/mol. The van der Waals surface area contributed by atoms with Crippen molar-refractivity contribution in [3.63, 3.8) is 0 Å². The fraction of sp³-hybridized carbons (Fsp3) is 0.208. The normalized spacial score (nSPS) is 11.8. The lowest BCUT2D eigenvalue weighted by atomic mass is 10.2. The van der Waals surface area contributed by atoms with E-state index in [2.05, 4.69) is 10.0 Å². The Balaban J connectivity index is 1.54. The summed E-state index contributed by atoms with van der Waals surface area (Å²) >= 11 is 0. The number of ether oxygens (including phenoxy) is 1. The molecule has 35 heavy (non-hydrogen) atoms. The molecule has 0 radical (unpaired) electrons. The first-order valence-electron chi connectivity index (χ1n) is 10.6. The molecule has 2 N–H and O–H groups in total. The second-order valence-corrected chi connectivity index (χ2v) is 11.7. The number of hydrogen-bond donors (Lipinski definition) is 2. The number of anilines is 1. The smallest absolute Gasteiger partial charge is 0.261 e. The van der Waals surface area contributed by atoms with Crippen LogP contribution in [0.25, 0.3) is 0 Å². The minimum absolute atomic E-state index is 0.0791. The van der Waals surface area contributed by atoms with Crippen molar-refractivity contribution in [2.75, 3.05) is 25.4 Å². The SMILES string of the molecule is Cc1cc(S(=O)(=O)Nc2ccccc2)ccc1OCC(=O)NCc1ccc(S(=O)(=O)N(C)C)cc1. The number of nitrogens with one attached hydrogen (secondary N) is 2. The molecule has 0 atom stereocenters. The molecule has 0 heterocycles. The van der Waals surface area contributed by atoms with Crippen LogP contribution in [0.2, 0.25) is 0 Å². The zero-order valence-electron chi connectivity index (χ0n) is 19.6. The number of carbonyl (C=O) groups excluding carboxylic acids is 1. The summed E-state index contributed by atoms with van der Waals surface area (Å²) in [5.74, 6) is 0.00823. The number of carbonyl (C=O) groups is 1. The highest BCUT2D eigenvalue weighted by Crippen LogP contribution is 2.23. The molecule has 1 amide bonds. The Hall–Kier alpha value is -3.41. The van der Waals surface area contributed by atoms with Crippen LogP contribution in [-0.2, 0) is 31.4 Å². The summed E-state index contributed by atoms with van der Waals surface area (Å²) < 4.78 is 58.6. The van der Waals surface area contributed by atoms with Crippen LogP contribution in [0.4, 0.5) is 5.69 Å². The van der Waals surface area contributed by atoms with Crippen molar-refractivity contribution < 1.29 is 26.4 Å². The maximum Gasteiger partial charge on any atom is 0.261 e. The van der Waals surface area contributed by atoms with E-state index in [0.717, 1.165) is 9.87 Å². The summed E-state index contributed by atoms with van der Waals surface area (Å²) in [5.41, 5.74) is 1.75. The van der Waals surface area contributed by atoms with E-state index in [-0.39, 0.29) is 28.8 Å². The van der Waals surface area contributed by atoms with E-state index in [1.165, 1.54) is 44.4 Å². The van der Waals surface area contributed by atoms with Gasteiger partial charge in [-0.05, 0) is 60.5 Å². The van der Waals surface area contributed by atoms with E-state index >= 15 is 0 Å². The minimum atomic E-state index is -3.77. The lowest BCUT2D eigenvalue weighted by Crippen LogP contribution is -2.28. The number of rotatable bonds is 10. The maximum atomic E-state index is 12.6. The summed E-state index contributed by atoms with van der Waals surface area (Å²) in [6.45, 7) is 1.63. The Bertz CT molecular complexity index is 1390. The molecule has 3 rings (SSSR count). The fourth-order valence-corrected chi connectivity index (χ4v) is 5.10. The molecular weight excluding hydrogens is 490 g/mol. The van der Waals surface area contributed by atoms with E-state index < -0.39 is 20.0 Å². The van der Waals surface area contributed by atoms with Gasteiger partial charge in [-0.15, -0.1) is 0 Å². The van der Waals surface area contributed by atoms with Gasteiger partial charge < -0.3 is 10.1 Å². The van der Waals surface area contributed by atoms with Crippen LogP contribution in [0.1, 0.15) is 11.1 Å². The first kappa shape index (κ1) is 26.2. The van der Waals surface area contributed by atoms with Crippen molar-refractivity contribution in [2.24, 2.45) is 0 Å². The average Bonchev–Trinajstić information content (AvgIpc) is 2.82. The zero-order valence-corrected chi connectivity index (χ0v) is 21.2. The van der Waals surface area contributed by atoms with Gasteiger partial charge >= 0.3 is 0 Å². The second-order valence-electron chi connectivity index (χ2n) is 7.90. The highest BCUT2D eigenvalue weighted by Gasteiger charge is 2.17. The number of aryl methyl sites for hydroxylation is 1. The van der Waals surface area contributed by atoms with Gasteiger partial charge in [0.1, 0.15) is 5.75 Å². The summed E-state index contributed by atoms with van der Waals surface area (Å²) in [6.07, 6.45) is 0. The van der Waals surface area contributed by atoms with Crippen molar-refractivity contribution >= 4 is 31.6 Å². The van der Waals surface area contributed by atoms with Crippen molar-refractivity contribution in [3.05, 3.63) is 83.9 Å². The molecular formula is C24H27N3O6S2. The zero-order chi connectivity index (χ0) is 25.6. The van der Waals surface area contributed by atoms with E-state index in [0.29, 0.717) is 17.0 Å². The van der Waals surface area contributed by atoms with Crippen LogP contribution in [0, 0.1) is 6.92 Å². The Morgan fingerprint density at radius 2 is 1.51 bits per heavy atom. The summed E-state index contributed by atoms with van der Waals surface area (Å²) in [4.78, 5) is 12.4. The second kappa shape index (κ2) is 10.9. The third kappa shape index (κ3) is 6.81. The number of para-hydroxylation sites is 1. The highest BCUT2D eigenvalue weighted by atomic mass is 32.2. The van der Waals surface area contributed by atoms with Gasteiger partial charge in [0.2, 0.25) is 10.0 Å². The van der Waals surface area contributed by atoms with Gasteiger partial charge in [0.25, 0.3) is 15.9 Å². The summed E-state index contributed by atoms with van der Waals surface area (Å²) in [6, 6.07) is 19.2. The molecule has 0 aliphatic carbocycles. The number of amides is 1. The molecule has 186 valence electrons. The van der Waals surface area contributed by atoms with Crippen LogP contribution >= 0.6 is 0 Å². The van der Waals surface area contributed by atoms with Crippen molar-refractivity contribution in [2.45, 2.75) is 23.3 Å². The standard InChI is InChI=1S/C24H27N3O6S2/c1-18-15-22(34(29,30)26-20-7-5-4-6-8-20)13-14-23(18)33-17-24(28)25-16-19-9-11-21(12-10-19)35(31,32)27(2)3/h4-15,26H,16-17H2,1-3H3,(H,25,28). The number of benzene rings is 3. The van der Waals surface area contributed by atoms with E-state index in [1.54, 1.807) is 49.4 Å². The summed E-state index contributed by atoms with van der Waals surface area (Å²) in [5, 5.41) is 2.70. The molecule has 0 aromatic heterocycles. The van der Waals surface area contributed by atoms with Crippen molar-refractivity contribution in [1.29, 1.82) is 0 Å². The summed E-state index contributed by atoms with van der Waals surface area (Å²) in [7, 11) is -4.36. The van der Waals surface area contributed by atoms with Crippen LogP contribution in [0.5, 0.6) is 5.75 Å². The van der Waals surface area contributed by atoms with E-state index in [1.807, 2.05) is 0 Å².